The number of halogens is 4. The second-order valence-corrected chi connectivity index (χ2v) is 8.24. The van der Waals surface area contributed by atoms with E-state index in [-0.39, 0.29) is 22.0 Å². The first-order valence-electron chi connectivity index (χ1n) is 9.56. The fourth-order valence-corrected chi connectivity index (χ4v) is 3.93. The molecule has 1 unspecified atom stereocenters. The molecular weight excluding hydrogens is 473 g/mol. The number of alkyl halides is 3. The first-order chi connectivity index (χ1) is 15.5. The van der Waals surface area contributed by atoms with E-state index >= 15 is 0 Å². The van der Waals surface area contributed by atoms with Gasteiger partial charge in [-0.05, 0) is 26.0 Å². The van der Waals surface area contributed by atoms with Crippen molar-refractivity contribution in [3.05, 3.63) is 58.7 Å². The van der Waals surface area contributed by atoms with Gasteiger partial charge >= 0.3 is 6.18 Å². The van der Waals surface area contributed by atoms with Gasteiger partial charge in [0, 0.05) is 37.8 Å². The highest BCUT2D eigenvalue weighted by Gasteiger charge is 2.33. The predicted molar refractivity (Wildman–Crippen MR) is 129 cm³/mol. The zero-order valence-electron chi connectivity index (χ0n) is 18.5. The topological polar surface area (TPSA) is 67.9 Å². The lowest BCUT2D eigenvalue weighted by molar-refractivity contribution is -0.137. The molecule has 1 aromatic heterocycles. The minimum absolute atomic E-state index is 0.135. The van der Waals surface area contributed by atoms with Gasteiger partial charge < -0.3 is 9.80 Å². The molecule has 2 rings (SSSR count). The van der Waals surface area contributed by atoms with Crippen LogP contribution < -0.4 is 4.90 Å². The third kappa shape index (κ3) is 5.80. The van der Waals surface area contributed by atoms with Crippen LogP contribution in [0.15, 0.2) is 47.7 Å². The average Bonchev–Trinajstić information content (AvgIpc) is 3.25. The minimum Gasteiger partial charge on any atom is -0.365 e. The van der Waals surface area contributed by atoms with Crippen LogP contribution in [0.5, 0.6) is 0 Å². The van der Waals surface area contributed by atoms with Crippen LogP contribution in [0.2, 0.25) is 5.02 Å². The minimum atomic E-state index is -4.59. The molecule has 0 saturated heterocycles. The second-order valence-electron chi connectivity index (χ2n) is 6.82. The molecule has 174 valence electrons. The molecule has 2 aromatic rings. The number of aromatic nitrogens is 1. The number of aliphatic imine (C=N–C) groups is 2. The Balaban J connectivity index is 2.50. The van der Waals surface area contributed by atoms with E-state index in [1.165, 1.54) is 29.9 Å². The number of anilines is 1. The number of nitriles is 1. The fourth-order valence-electron chi connectivity index (χ4n) is 2.98. The van der Waals surface area contributed by atoms with Crippen molar-refractivity contribution in [3.8, 4) is 6.07 Å². The van der Waals surface area contributed by atoms with Crippen molar-refractivity contribution in [2.45, 2.75) is 26.1 Å². The van der Waals surface area contributed by atoms with Gasteiger partial charge in [0.15, 0.2) is 5.13 Å². The summed E-state index contributed by atoms with van der Waals surface area (Å²) in [5.74, 6) is 0.492. The molecule has 11 heteroatoms. The Hall–Kier alpha value is -3.16. The standard InChI is InChI=1S/C22H22ClF3N6S/c1-7-28-19-17(9-15(10-18(19)23)22(24,25)26)13(3)31(5)14(4)20(29-8-2)32(6)21-30-12-16(11-27)33-21/h7-10,12,14H,2-3H2,1,4-6H3/b28-7-,29-20-. The molecule has 6 nitrogen and oxygen atoms in total. The molecule has 0 spiro atoms. The monoisotopic (exact) mass is 494 g/mol. The zero-order valence-corrected chi connectivity index (χ0v) is 20.1. The summed E-state index contributed by atoms with van der Waals surface area (Å²) in [4.78, 5) is 16.5. The molecule has 0 N–H and O–H groups in total. The lowest BCUT2D eigenvalue weighted by atomic mass is 10.0. The van der Waals surface area contributed by atoms with Gasteiger partial charge in [0.05, 0.1) is 28.5 Å². The van der Waals surface area contributed by atoms with E-state index in [1.807, 2.05) is 6.07 Å². The van der Waals surface area contributed by atoms with Crippen molar-refractivity contribution >= 4 is 51.5 Å². The van der Waals surface area contributed by atoms with E-state index in [2.05, 4.69) is 28.1 Å². The molecule has 1 aromatic carbocycles. The summed E-state index contributed by atoms with van der Waals surface area (Å²) in [7, 11) is 3.40. The van der Waals surface area contributed by atoms with Gasteiger partial charge in [0.25, 0.3) is 0 Å². The molecule has 1 heterocycles. The lowest BCUT2D eigenvalue weighted by Gasteiger charge is -2.33. The van der Waals surface area contributed by atoms with E-state index in [0.717, 1.165) is 12.1 Å². The number of benzene rings is 1. The van der Waals surface area contributed by atoms with E-state index in [0.29, 0.717) is 15.8 Å². The van der Waals surface area contributed by atoms with Gasteiger partial charge in [-0.25, -0.2) is 9.98 Å². The quantitative estimate of drug-likeness (QED) is 0.331. The third-order valence-electron chi connectivity index (χ3n) is 4.80. The van der Waals surface area contributed by atoms with Crippen LogP contribution in [0.3, 0.4) is 0 Å². The number of hydrogen-bond donors (Lipinski definition) is 0. The highest BCUT2D eigenvalue weighted by Crippen LogP contribution is 2.40. The van der Waals surface area contributed by atoms with Gasteiger partial charge in [-0.2, -0.15) is 18.4 Å². The van der Waals surface area contributed by atoms with Crippen LogP contribution >= 0.6 is 22.9 Å². The first-order valence-corrected chi connectivity index (χ1v) is 10.7. The molecule has 1 atom stereocenters. The van der Waals surface area contributed by atoms with Crippen molar-refractivity contribution in [1.82, 2.24) is 9.88 Å². The second kappa shape index (κ2) is 10.6. The van der Waals surface area contributed by atoms with E-state index < -0.39 is 17.8 Å². The Labute approximate surface area is 199 Å². The summed E-state index contributed by atoms with van der Waals surface area (Å²) in [6.07, 6.45) is -0.334. The summed E-state index contributed by atoms with van der Waals surface area (Å²) in [6.45, 7) is 11.1. The van der Waals surface area contributed by atoms with Gasteiger partial charge in [-0.1, -0.05) is 36.1 Å². The molecule has 0 aliphatic heterocycles. The molecule has 0 saturated carbocycles. The number of thiazole rings is 1. The highest BCUT2D eigenvalue weighted by molar-refractivity contribution is 7.16. The van der Waals surface area contributed by atoms with Crippen molar-refractivity contribution in [2.24, 2.45) is 9.98 Å². The third-order valence-corrected chi connectivity index (χ3v) is 6.06. The van der Waals surface area contributed by atoms with E-state index in [4.69, 9.17) is 16.9 Å². The zero-order chi connectivity index (χ0) is 24.9. The Morgan fingerprint density at radius 3 is 2.55 bits per heavy atom. The van der Waals surface area contributed by atoms with Gasteiger partial charge in [-0.3, -0.25) is 4.99 Å². The van der Waals surface area contributed by atoms with Gasteiger partial charge in [-0.15, -0.1) is 0 Å². The van der Waals surface area contributed by atoms with Crippen molar-refractivity contribution in [2.75, 3.05) is 19.0 Å². The van der Waals surface area contributed by atoms with E-state index in [1.54, 1.807) is 37.7 Å². The van der Waals surface area contributed by atoms with E-state index in [9.17, 15) is 13.2 Å². The maximum absolute atomic E-state index is 13.4. The van der Waals surface area contributed by atoms with Crippen molar-refractivity contribution in [3.63, 3.8) is 0 Å². The van der Waals surface area contributed by atoms with Crippen molar-refractivity contribution < 1.29 is 13.2 Å². The molecule has 0 radical (unpaired) electrons. The van der Waals surface area contributed by atoms with Crippen LogP contribution in [-0.2, 0) is 6.18 Å². The molecule has 0 bridgehead atoms. The Morgan fingerprint density at radius 2 is 2.03 bits per heavy atom. The molecule has 0 aliphatic carbocycles. The van der Waals surface area contributed by atoms with Crippen LogP contribution in [0.4, 0.5) is 24.0 Å². The maximum atomic E-state index is 13.4. The predicted octanol–water partition coefficient (Wildman–Crippen LogP) is 6.38. The van der Waals surface area contributed by atoms with Crippen LogP contribution in [0, 0.1) is 11.3 Å². The van der Waals surface area contributed by atoms with Crippen LogP contribution in [0.1, 0.15) is 29.9 Å². The number of amidine groups is 1. The summed E-state index contributed by atoms with van der Waals surface area (Å²) >= 11 is 7.34. The lowest BCUT2D eigenvalue weighted by Crippen LogP contribution is -2.43. The molecule has 0 aliphatic rings. The molecular formula is C22H22ClF3N6S. The van der Waals surface area contributed by atoms with Gasteiger partial charge in [0.2, 0.25) is 0 Å². The molecule has 0 amide bonds. The van der Waals surface area contributed by atoms with Crippen LogP contribution in [0.25, 0.3) is 5.70 Å². The highest BCUT2D eigenvalue weighted by atomic mass is 35.5. The number of rotatable bonds is 7. The Morgan fingerprint density at radius 1 is 1.36 bits per heavy atom. The number of nitrogens with zero attached hydrogens (tertiary/aromatic N) is 6. The van der Waals surface area contributed by atoms with Crippen LogP contribution in [-0.4, -0.2) is 42.1 Å². The number of hydrogen-bond acceptors (Lipinski definition) is 6. The maximum Gasteiger partial charge on any atom is 0.416 e. The summed E-state index contributed by atoms with van der Waals surface area (Å²) in [5, 5.41) is 9.47. The largest absolute Gasteiger partial charge is 0.416 e. The molecule has 0 fully saturated rings. The Kier molecular flexibility index (Phi) is 8.41. The smallest absolute Gasteiger partial charge is 0.365 e. The summed E-state index contributed by atoms with van der Waals surface area (Å²) in [6, 6.07) is 3.39. The first kappa shape index (κ1) is 26.1. The summed E-state index contributed by atoms with van der Waals surface area (Å²) in [5.41, 5.74) is -0.309. The normalized spacial score (nSPS) is 13.0. The number of likely N-dealkylation sites (N-methyl/N-ethyl adjacent to an activating group) is 2. The fraction of sp³-hybridized carbons (Fsp3) is 0.273. The summed E-state index contributed by atoms with van der Waals surface area (Å²) < 4.78 is 40.3. The molecule has 33 heavy (non-hydrogen) atoms. The van der Waals surface area contributed by atoms with Gasteiger partial charge in [0.1, 0.15) is 16.8 Å². The van der Waals surface area contributed by atoms with Crippen molar-refractivity contribution in [1.29, 1.82) is 5.26 Å². The Bertz CT molecular complexity index is 1150. The SMILES string of the molecule is C=C/N=C(/C(C)N(C)C(=C)c1cc(C(F)(F)F)cc(Cl)c1/N=C\C)N(C)c1ncc(C#N)s1. The average molecular weight is 495 g/mol.